The molecule has 2 rings (SSSR count). The Morgan fingerprint density at radius 3 is 2.57 bits per heavy atom. The Morgan fingerprint density at radius 1 is 1.29 bits per heavy atom. The number of hydrogen-bond acceptors (Lipinski definition) is 3. The maximum Gasteiger partial charge on any atom is 0.326 e. The summed E-state index contributed by atoms with van der Waals surface area (Å²) in [7, 11) is 0. The molecule has 1 heterocycles. The smallest absolute Gasteiger partial charge is 0.326 e. The summed E-state index contributed by atoms with van der Waals surface area (Å²) in [6.45, 7) is -0.316. The van der Waals surface area contributed by atoms with E-state index in [0.717, 1.165) is 14.5 Å². The Bertz CT molecular complexity index is 699. The third-order valence-electron chi connectivity index (χ3n) is 2.99. The number of aliphatic hydroxyl groups excluding tert-OH is 1. The number of carbonyl (C=O) groups excluding carboxylic acids is 1. The number of fused-ring (bicyclic) bond motifs is 1. The Labute approximate surface area is 136 Å². The minimum absolute atomic E-state index is 0.0430. The van der Waals surface area contributed by atoms with Crippen LogP contribution in [0.2, 0.25) is 0 Å². The second-order valence-electron chi connectivity index (χ2n) is 4.39. The number of benzene rings is 1. The normalized spacial score (nSPS) is 12.3. The molecule has 8 heteroatoms. The highest BCUT2D eigenvalue weighted by atomic mass is 79.9. The number of aromatic amines is 1. The summed E-state index contributed by atoms with van der Waals surface area (Å²) < 4.78 is 1.63. The van der Waals surface area contributed by atoms with Gasteiger partial charge in [-0.3, -0.25) is 4.79 Å². The van der Waals surface area contributed by atoms with E-state index in [9.17, 15) is 9.59 Å². The molecule has 1 amide bonds. The van der Waals surface area contributed by atoms with Gasteiger partial charge in [0.1, 0.15) is 6.04 Å². The fourth-order valence-corrected chi connectivity index (χ4v) is 2.61. The average molecular weight is 420 g/mol. The number of halogens is 2. The first-order chi connectivity index (χ1) is 9.93. The van der Waals surface area contributed by atoms with E-state index in [-0.39, 0.29) is 13.0 Å². The molecule has 1 atom stereocenters. The first kappa shape index (κ1) is 16.0. The summed E-state index contributed by atoms with van der Waals surface area (Å²) >= 11 is 6.73. The standard InChI is InChI=1S/C13H12Br2N2O4/c14-8-3-6-7(5-16-11(6)4-9(8)15)12(19)17-10(1-2-18)13(20)21/h3-5,10,16,18H,1-2H2,(H,17,19)(H,20,21). The molecular weight excluding hydrogens is 408 g/mol. The van der Waals surface area contributed by atoms with Gasteiger partial charge >= 0.3 is 5.97 Å². The lowest BCUT2D eigenvalue weighted by Gasteiger charge is -2.12. The van der Waals surface area contributed by atoms with E-state index in [1.54, 1.807) is 6.07 Å². The zero-order valence-corrected chi connectivity index (χ0v) is 13.9. The summed E-state index contributed by atoms with van der Waals surface area (Å²) in [5.74, 6) is -1.68. The molecule has 0 bridgehead atoms. The van der Waals surface area contributed by atoms with E-state index < -0.39 is 17.9 Å². The Kier molecular flexibility index (Phi) is 5.02. The van der Waals surface area contributed by atoms with Gasteiger partial charge in [-0.05, 0) is 44.0 Å². The predicted octanol–water partition coefficient (Wildman–Crippen LogP) is 2.26. The topological polar surface area (TPSA) is 102 Å². The molecule has 6 nitrogen and oxygen atoms in total. The fourth-order valence-electron chi connectivity index (χ4n) is 1.93. The van der Waals surface area contributed by atoms with Crippen LogP contribution in [0.3, 0.4) is 0 Å². The molecular formula is C13H12Br2N2O4. The molecule has 112 valence electrons. The molecule has 0 aliphatic carbocycles. The molecule has 0 saturated heterocycles. The number of aliphatic hydroxyl groups is 1. The number of aliphatic carboxylic acids is 1. The van der Waals surface area contributed by atoms with E-state index in [4.69, 9.17) is 10.2 Å². The number of carboxylic acids is 1. The zero-order valence-electron chi connectivity index (χ0n) is 10.7. The van der Waals surface area contributed by atoms with E-state index in [1.807, 2.05) is 6.07 Å². The lowest BCUT2D eigenvalue weighted by Crippen LogP contribution is -2.41. The van der Waals surface area contributed by atoms with Crippen molar-refractivity contribution in [2.45, 2.75) is 12.5 Å². The van der Waals surface area contributed by atoms with Gasteiger partial charge in [-0.15, -0.1) is 0 Å². The molecule has 1 aromatic heterocycles. The number of aromatic nitrogens is 1. The first-order valence-electron chi connectivity index (χ1n) is 6.04. The van der Waals surface area contributed by atoms with Gasteiger partial charge in [-0.1, -0.05) is 0 Å². The monoisotopic (exact) mass is 418 g/mol. The number of nitrogens with one attached hydrogen (secondary N) is 2. The summed E-state index contributed by atoms with van der Waals surface area (Å²) in [5.41, 5.74) is 1.10. The minimum Gasteiger partial charge on any atom is -0.480 e. The highest BCUT2D eigenvalue weighted by Crippen LogP contribution is 2.30. The summed E-state index contributed by atoms with van der Waals surface area (Å²) in [5, 5.41) is 20.9. The molecule has 0 aliphatic rings. The van der Waals surface area contributed by atoms with Crippen LogP contribution in [-0.2, 0) is 4.79 Å². The largest absolute Gasteiger partial charge is 0.480 e. The number of carbonyl (C=O) groups is 2. The fraction of sp³-hybridized carbons (Fsp3) is 0.231. The van der Waals surface area contributed by atoms with Gasteiger partial charge in [0.05, 0.1) is 5.56 Å². The molecule has 4 N–H and O–H groups in total. The van der Waals surface area contributed by atoms with Crippen LogP contribution in [0.4, 0.5) is 0 Å². The first-order valence-corrected chi connectivity index (χ1v) is 7.63. The molecule has 0 aliphatic heterocycles. The van der Waals surface area contributed by atoms with Crippen molar-refractivity contribution in [1.29, 1.82) is 0 Å². The molecule has 21 heavy (non-hydrogen) atoms. The minimum atomic E-state index is -1.18. The second-order valence-corrected chi connectivity index (χ2v) is 6.10. The van der Waals surface area contributed by atoms with Gasteiger partial charge in [0, 0.05) is 39.1 Å². The van der Waals surface area contributed by atoms with Gasteiger partial charge in [0.15, 0.2) is 0 Å². The number of rotatable bonds is 5. The number of H-pyrrole nitrogens is 1. The SMILES string of the molecule is O=C(NC(CCO)C(=O)O)c1c[nH]c2cc(Br)c(Br)cc12. The van der Waals surface area contributed by atoms with Crippen LogP contribution in [-0.4, -0.2) is 39.7 Å². The average Bonchev–Trinajstić information content (AvgIpc) is 2.81. The third-order valence-corrected chi connectivity index (χ3v) is 4.83. The van der Waals surface area contributed by atoms with E-state index in [2.05, 4.69) is 42.2 Å². The van der Waals surface area contributed by atoms with Crippen molar-refractivity contribution in [2.24, 2.45) is 0 Å². The summed E-state index contributed by atoms with van der Waals surface area (Å²) in [6, 6.07) is 2.47. The van der Waals surface area contributed by atoms with Crippen LogP contribution in [0, 0.1) is 0 Å². The van der Waals surface area contributed by atoms with Crippen LogP contribution in [0.15, 0.2) is 27.3 Å². The van der Waals surface area contributed by atoms with Crippen LogP contribution in [0.1, 0.15) is 16.8 Å². The Hall–Kier alpha value is -1.38. The van der Waals surface area contributed by atoms with Crippen LogP contribution < -0.4 is 5.32 Å². The molecule has 0 fully saturated rings. The Morgan fingerprint density at radius 2 is 1.95 bits per heavy atom. The van der Waals surface area contributed by atoms with Crippen molar-refractivity contribution >= 4 is 54.6 Å². The van der Waals surface area contributed by atoms with Gasteiger partial charge in [-0.2, -0.15) is 0 Å². The lowest BCUT2D eigenvalue weighted by molar-refractivity contribution is -0.139. The molecule has 1 aromatic carbocycles. The maximum absolute atomic E-state index is 12.2. The lowest BCUT2D eigenvalue weighted by atomic mass is 10.1. The number of hydrogen-bond donors (Lipinski definition) is 4. The zero-order chi connectivity index (χ0) is 15.6. The van der Waals surface area contributed by atoms with E-state index in [1.165, 1.54) is 6.20 Å². The summed E-state index contributed by atoms with van der Waals surface area (Å²) in [4.78, 5) is 26.2. The molecule has 1 unspecified atom stereocenters. The van der Waals surface area contributed by atoms with Gasteiger partial charge in [-0.25, -0.2) is 4.79 Å². The van der Waals surface area contributed by atoms with Crippen molar-refractivity contribution in [3.63, 3.8) is 0 Å². The van der Waals surface area contributed by atoms with Crippen LogP contribution in [0.25, 0.3) is 10.9 Å². The van der Waals surface area contributed by atoms with Crippen LogP contribution in [0.5, 0.6) is 0 Å². The van der Waals surface area contributed by atoms with Crippen molar-refractivity contribution in [3.05, 3.63) is 32.8 Å². The number of carboxylic acid groups (broad SMARTS) is 1. The van der Waals surface area contributed by atoms with Crippen molar-refractivity contribution < 1.29 is 19.8 Å². The third kappa shape index (κ3) is 3.45. The van der Waals surface area contributed by atoms with Gasteiger partial charge < -0.3 is 20.5 Å². The maximum atomic E-state index is 12.2. The highest BCUT2D eigenvalue weighted by molar-refractivity contribution is 9.13. The molecule has 0 saturated carbocycles. The number of amides is 1. The Balaban J connectivity index is 2.31. The second kappa shape index (κ2) is 6.59. The van der Waals surface area contributed by atoms with Crippen molar-refractivity contribution in [2.75, 3.05) is 6.61 Å². The predicted molar refractivity (Wildman–Crippen MR) is 84.3 cm³/mol. The van der Waals surface area contributed by atoms with E-state index in [0.29, 0.717) is 10.9 Å². The van der Waals surface area contributed by atoms with E-state index >= 15 is 0 Å². The molecule has 0 spiro atoms. The summed E-state index contributed by atoms with van der Waals surface area (Å²) in [6.07, 6.45) is 1.48. The quantitative estimate of drug-likeness (QED) is 0.596. The highest BCUT2D eigenvalue weighted by Gasteiger charge is 2.22. The van der Waals surface area contributed by atoms with Gasteiger partial charge in [0.25, 0.3) is 5.91 Å². The molecule has 0 radical (unpaired) electrons. The van der Waals surface area contributed by atoms with Crippen LogP contribution >= 0.6 is 31.9 Å². The van der Waals surface area contributed by atoms with Crippen molar-refractivity contribution in [3.8, 4) is 0 Å². The molecule has 2 aromatic rings. The van der Waals surface area contributed by atoms with Gasteiger partial charge in [0.2, 0.25) is 0 Å². The van der Waals surface area contributed by atoms with Crippen molar-refractivity contribution in [1.82, 2.24) is 10.3 Å².